The maximum Gasteiger partial charge on any atom is 0.359 e. The second-order valence-corrected chi connectivity index (χ2v) is 5.92. The average molecular weight is 265 g/mol. The van der Waals surface area contributed by atoms with E-state index in [-0.39, 0.29) is 12.1 Å². The molecule has 106 valence electrons. The van der Waals surface area contributed by atoms with E-state index < -0.39 is 0 Å². The zero-order chi connectivity index (χ0) is 14.2. The lowest BCUT2D eigenvalue weighted by Gasteiger charge is -2.30. The van der Waals surface area contributed by atoms with Gasteiger partial charge in [0.25, 0.3) is 0 Å². The highest BCUT2D eigenvalue weighted by Crippen LogP contribution is 2.31. The quantitative estimate of drug-likeness (QED) is 0.833. The molecule has 2 atom stereocenters. The number of carbonyl (C=O) groups is 1. The van der Waals surface area contributed by atoms with Crippen molar-refractivity contribution in [2.45, 2.75) is 46.1 Å². The number of hydrogen-bond donors (Lipinski definition) is 1. The molecule has 2 rings (SSSR count). The zero-order valence-corrected chi connectivity index (χ0v) is 12.1. The summed E-state index contributed by atoms with van der Waals surface area (Å²) >= 11 is 0. The summed E-state index contributed by atoms with van der Waals surface area (Å²) in [5, 5.41) is 4.15. The molecule has 0 radical (unpaired) electrons. The van der Waals surface area contributed by atoms with Crippen LogP contribution in [0.1, 0.15) is 49.3 Å². The molecule has 0 saturated heterocycles. The third-order valence-corrected chi connectivity index (χ3v) is 3.87. The Morgan fingerprint density at radius 2 is 1.89 bits per heavy atom. The van der Waals surface area contributed by atoms with Crippen molar-refractivity contribution in [1.82, 2.24) is 9.78 Å². The van der Waals surface area contributed by atoms with Gasteiger partial charge in [-0.25, -0.2) is 4.79 Å². The number of nitrogen functional groups attached to an aromatic ring is 1. The molecule has 5 heteroatoms. The lowest BCUT2D eigenvalue weighted by Crippen LogP contribution is -2.29. The van der Waals surface area contributed by atoms with Gasteiger partial charge in [0.15, 0.2) is 5.69 Å². The van der Waals surface area contributed by atoms with Gasteiger partial charge in [-0.15, -0.1) is 0 Å². The van der Waals surface area contributed by atoms with Crippen molar-refractivity contribution in [2.75, 3.05) is 5.73 Å². The minimum atomic E-state index is -0.355. The Balaban J connectivity index is 2.08. The van der Waals surface area contributed by atoms with E-state index in [1.165, 1.54) is 11.1 Å². The molecule has 1 heterocycles. The van der Waals surface area contributed by atoms with Crippen LogP contribution in [0.5, 0.6) is 0 Å². The SMILES string of the molecule is Cc1nn(C)c(C(=O)OC2CC(C)CC(C)C2)c1N. The third kappa shape index (κ3) is 2.91. The van der Waals surface area contributed by atoms with Crippen LogP contribution in [0.15, 0.2) is 0 Å². The molecule has 1 aromatic rings. The summed E-state index contributed by atoms with van der Waals surface area (Å²) in [5.74, 6) is 0.853. The summed E-state index contributed by atoms with van der Waals surface area (Å²) in [6, 6.07) is 0. The standard InChI is InChI=1S/C14H23N3O2/c1-8-5-9(2)7-11(6-8)19-14(18)13-12(15)10(3)16-17(13)4/h8-9,11H,5-7,15H2,1-4H3. The third-order valence-electron chi connectivity index (χ3n) is 3.87. The first-order valence-electron chi connectivity index (χ1n) is 6.88. The fraction of sp³-hybridized carbons (Fsp3) is 0.714. The molecule has 0 amide bonds. The molecule has 5 nitrogen and oxygen atoms in total. The van der Waals surface area contributed by atoms with Gasteiger partial charge in [-0.2, -0.15) is 5.10 Å². The molecule has 1 fully saturated rings. The van der Waals surface area contributed by atoms with Gasteiger partial charge in [-0.05, 0) is 38.0 Å². The summed E-state index contributed by atoms with van der Waals surface area (Å²) < 4.78 is 7.12. The monoisotopic (exact) mass is 265 g/mol. The zero-order valence-electron chi connectivity index (χ0n) is 12.1. The van der Waals surface area contributed by atoms with Gasteiger partial charge in [0, 0.05) is 7.05 Å². The summed E-state index contributed by atoms with van der Waals surface area (Å²) in [7, 11) is 1.71. The first-order chi connectivity index (χ1) is 8.88. The van der Waals surface area contributed by atoms with E-state index in [2.05, 4.69) is 18.9 Å². The predicted octanol–water partition coefficient (Wildman–Crippen LogP) is 2.29. The maximum absolute atomic E-state index is 12.2. The predicted molar refractivity (Wildman–Crippen MR) is 73.7 cm³/mol. The summed E-state index contributed by atoms with van der Waals surface area (Å²) in [6.07, 6.45) is 3.08. The number of esters is 1. The topological polar surface area (TPSA) is 70.1 Å². The number of carbonyl (C=O) groups excluding carboxylic acids is 1. The largest absolute Gasteiger partial charge is 0.458 e. The molecule has 0 bridgehead atoms. The van der Waals surface area contributed by atoms with E-state index in [0.29, 0.717) is 28.9 Å². The van der Waals surface area contributed by atoms with E-state index in [4.69, 9.17) is 10.5 Å². The first-order valence-corrected chi connectivity index (χ1v) is 6.88. The van der Waals surface area contributed by atoms with Gasteiger partial charge in [-0.1, -0.05) is 13.8 Å². The van der Waals surface area contributed by atoms with Crippen LogP contribution in [0.3, 0.4) is 0 Å². The molecule has 1 aromatic heterocycles. The summed E-state index contributed by atoms with van der Waals surface area (Å²) in [6.45, 7) is 6.20. The number of nitrogens with zero attached hydrogens (tertiary/aromatic N) is 2. The molecule has 0 spiro atoms. The molecule has 1 aliphatic carbocycles. The normalized spacial score (nSPS) is 27.3. The van der Waals surface area contributed by atoms with Crippen LogP contribution in [-0.4, -0.2) is 21.9 Å². The van der Waals surface area contributed by atoms with Crippen LogP contribution in [0, 0.1) is 18.8 Å². The van der Waals surface area contributed by atoms with E-state index in [1.807, 2.05) is 0 Å². The van der Waals surface area contributed by atoms with Crippen LogP contribution in [0.25, 0.3) is 0 Å². The number of aryl methyl sites for hydroxylation is 2. The molecule has 0 aromatic carbocycles. The summed E-state index contributed by atoms with van der Waals surface area (Å²) in [4.78, 5) is 12.2. The van der Waals surface area contributed by atoms with E-state index >= 15 is 0 Å². The number of nitrogens with two attached hydrogens (primary N) is 1. The van der Waals surface area contributed by atoms with Crippen LogP contribution < -0.4 is 5.73 Å². The summed E-state index contributed by atoms with van der Waals surface area (Å²) in [5.41, 5.74) is 7.33. The molecule has 0 aliphatic heterocycles. The van der Waals surface area contributed by atoms with Crippen molar-refractivity contribution in [3.8, 4) is 0 Å². The average Bonchev–Trinajstić information content (AvgIpc) is 2.51. The molecular formula is C14H23N3O2. The van der Waals surface area contributed by atoms with Crippen molar-refractivity contribution >= 4 is 11.7 Å². The lowest BCUT2D eigenvalue weighted by molar-refractivity contribution is 0.00708. The van der Waals surface area contributed by atoms with Crippen LogP contribution in [0.4, 0.5) is 5.69 Å². The lowest BCUT2D eigenvalue weighted by atomic mass is 9.82. The number of aromatic nitrogens is 2. The first kappa shape index (κ1) is 13.9. The number of rotatable bonds is 2. The maximum atomic E-state index is 12.2. The number of hydrogen-bond acceptors (Lipinski definition) is 4. The van der Waals surface area contributed by atoms with Gasteiger partial charge in [0.1, 0.15) is 6.10 Å². The van der Waals surface area contributed by atoms with E-state index in [0.717, 1.165) is 12.8 Å². The second-order valence-electron chi connectivity index (χ2n) is 5.92. The smallest absolute Gasteiger partial charge is 0.359 e. The van der Waals surface area contributed by atoms with Crippen molar-refractivity contribution in [3.63, 3.8) is 0 Å². The Morgan fingerprint density at radius 1 is 1.32 bits per heavy atom. The Labute approximate surface area is 114 Å². The molecule has 19 heavy (non-hydrogen) atoms. The van der Waals surface area contributed by atoms with Crippen molar-refractivity contribution in [2.24, 2.45) is 18.9 Å². The highest BCUT2D eigenvalue weighted by Gasteiger charge is 2.29. The molecule has 2 N–H and O–H groups in total. The molecular weight excluding hydrogens is 242 g/mol. The minimum Gasteiger partial charge on any atom is -0.458 e. The van der Waals surface area contributed by atoms with Crippen molar-refractivity contribution < 1.29 is 9.53 Å². The molecule has 1 aliphatic rings. The van der Waals surface area contributed by atoms with Crippen LogP contribution >= 0.6 is 0 Å². The Hall–Kier alpha value is -1.52. The fourth-order valence-corrected chi connectivity index (χ4v) is 3.09. The Morgan fingerprint density at radius 3 is 2.37 bits per heavy atom. The van der Waals surface area contributed by atoms with Gasteiger partial charge >= 0.3 is 5.97 Å². The highest BCUT2D eigenvalue weighted by atomic mass is 16.5. The van der Waals surface area contributed by atoms with Crippen molar-refractivity contribution in [3.05, 3.63) is 11.4 Å². The number of anilines is 1. The molecule has 2 unspecified atom stereocenters. The second kappa shape index (κ2) is 5.23. The number of ether oxygens (including phenoxy) is 1. The Kier molecular flexibility index (Phi) is 3.83. The van der Waals surface area contributed by atoms with Crippen LogP contribution in [0.2, 0.25) is 0 Å². The van der Waals surface area contributed by atoms with Gasteiger partial charge < -0.3 is 10.5 Å². The van der Waals surface area contributed by atoms with E-state index in [1.54, 1.807) is 14.0 Å². The van der Waals surface area contributed by atoms with Gasteiger partial charge in [0.05, 0.1) is 11.4 Å². The van der Waals surface area contributed by atoms with E-state index in [9.17, 15) is 4.79 Å². The Bertz CT molecular complexity index is 471. The minimum absolute atomic E-state index is 0.000793. The van der Waals surface area contributed by atoms with Gasteiger partial charge in [0.2, 0.25) is 0 Å². The van der Waals surface area contributed by atoms with Crippen molar-refractivity contribution in [1.29, 1.82) is 0 Å². The fourth-order valence-electron chi connectivity index (χ4n) is 3.09. The molecule has 1 saturated carbocycles. The van der Waals surface area contributed by atoms with Gasteiger partial charge in [-0.3, -0.25) is 4.68 Å². The van der Waals surface area contributed by atoms with Crippen LogP contribution in [-0.2, 0) is 11.8 Å². The highest BCUT2D eigenvalue weighted by molar-refractivity contribution is 5.93.